The Morgan fingerprint density at radius 2 is 1.52 bits per heavy atom. The third-order valence-corrected chi connectivity index (χ3v) is 8.54. The Kier molecular flexibility index (Phi) is 26.6. The molecule has 0 amide bonds. The molecule has 3 atom stereocenters. The van der Waals surface area contributed by atoms with E-state index in [-0.39, 0.29) is 24.8 Å². The Bertz CT molecular complexity index is 223. The molecule has 1 fully saturated rings. The Hall–Kier alpha value is 2.15. The van der Waals surface area contributed by atoms with Crippen LogP contribution in [0.2, 0.25) is 0 Å². The van der Waals surface area contributed by atoms with Crippen LogP contribution < -0.4 is 24.8 Å². The maximum absolute atomic E-state index is 2.40. The first kappa shape index (κ1) is 29.9. The first-order chi connectivity index (χ1) is 10.2. The summed E-state index contributed by atoms with van der Waals surface area (Å²) in [6.07, 6.45) is 17.5. The fraction of sp³-hybridized carbons (Fsp3) is 1.00. The molecule has 23 heavy (non-hydrogen) atoms. The van der Waals surface area contributed by atoms with Gasteiger partial charge in [-0.3, -0.25) is 0 Å². The van der Waals surface area contributed by atoms with Crippen molar-refractivity contribution in [1.29, 1.82) is 0 Å². The smallest absolute Gasteiger partial charge is 1.00 e. The third kappa shape index (κ3) is 15.0. The Balaban J connectivity index is -0.000000434. The van der Waals surface area contributed by atoms with E-state index in [1.165, 1.54) is 78.7 Å². The minimum atomic E-state index is 0. The number of halogens is 2. The molecule has 139 valence electrons. The second kappa shape index (κ2) is 20.5. The molecule has 0 aliphatic heterocycles. The molecule has 0 aromatic rings. The summed E-state index contributed by atoms with van der Waals surface area (Å²) in [4.78, 5) is 0. The normalized spacial score (nSPS) is 20.0. The molecule has 0 bridgehead atoms. The van der Waals surface area contributed by atoms with Crippen molar-refractivity contribution in [3.05, 3.63) is 0 Å². The summed E-state index contributed by atoms with van der Waals surface area (Å²) >= 11 is 2.26. The van der Waals surface area contributed by atoms with E-state index in [4.69, 9.17) is 0 Å². The van der Waals surface area contributed by atoms with Gasteiger partial charge in [0, 0.05) is 0 Å². The van der Waals surface area contributed by atoms with Crippen LogP contribution in [0.4, 0.5) is 0 Å². The van der Waals surface area contributed by atoms with Gasteiger partial charge in [0.2, 0.25) is 0 Å². The molecule has 0 saturated heterocycles. The fourth-order valence-electron chi connectivity index (χ4n) is 3.26. The topological polar surface area (TPSA) is 0 Å². The first-order valence-electron chi connectivity index (χ1n) is 9.30. The third-order valence-electron chi connectivity index (χ3n) is 5.06. The Labute approximate surface area is 174 Å². The second-order valence-electron chi connectivity index (χ2n) is 6.59. The number of hydrogen-bond donors (Lipinski definition) is 0. The molecule has 1 aliphatic carbocycles. The van der Waals surface area contributed by atoms with Crippen molar-refractivity contribution in [2.45, 2.75) is 97.6 Å². The van der Waals surface area contributed by atoms with Gasteiger partial charge in [0.15, 0.2) is 0 Å². The maximum atomic E-state index is 2.40. The molecule has 0 N–H and O–H groups in total. The van der Waals surface area contributed by atoms with Gasteiger partial charge in [0.05, 0.1) is 0 Å². The van der Waals surface area contributed by atoms with Crippen LogP contribution in [-0.4, -0.2) is 18.0 Å². The maximum Gasteiger partial charge on any atom is -1.00 e. The van der Waals surface area contributed by atoms with Crippen LogP contribution in [0, 0.1) is 5.41 Å². The largest absolute Gasteiger partial charge is 1.00 e. The molecule has 0 spiro atoms. The summed E-state index contributed by atoms with van der Waals surface area (Å²) in [5, 5.41) is 0. The molecule has 0 nitrogen and oxygen atoms in total. The van der Waals surface area contributed by atoms with Crippen molar-refractivity contribution in [3.63, 3.8) is 0 Å². The van der Waals surface area contributed by atoms with Gasteiger partial charge in [0.1, 0.15) is 0 Å². The number of hydrogen-bond acceptors (Lipinski definition) is 0. The zero-order valence-electron chi connectivity index (χ0n) is 15.8. The average Bonchev–Trinajstić information content (AvgIpc) is 2.54. The van der Waals surface area contributed by atoms with E-state index in [1.54, 1.807) is 6.42 Å². The zero-order valence-corrected chi connectivity index (χ0v) is 20.9. The average molecular weight is 436 g/mol. The summed E-state index contributed by atoms with van der Waals surface area (Å²) in [7, 11) is 1.26. The minimum Gasteiger partial charge on any atom is -1.00 e. The quantitative estimate of drug-likeness (QED) is 0.289. The van der Waals surface area contributed by atoms with E-state index in [0.717, 1.165) is 17.6 Å². The fourth-order valence-corrected chi connectivity index (χ4v) is 6.57. The summed E-state index contributed by atoms with van der Waals surface area (Å²) < 4.78 is 0. The minimum absolute atomic E-state index is 0. The van der Waals surface area contributed by atoms with E-state index in [9.17, 15) is 0 Å². The van der Waals surface area contributed by atoms with E-state index >= 15 is 0 Å². The standard InChI is InChI=1S/C14H29P.C4H10P.2ClH.Ti/c1-4-7-11-15-13-9-8-10-14(5-2,6-3)12-13;1-2-3-4-5;;;/h13,15H,4-12H2,1-3H3;5H,2-4H2,1H3;2*1H;/q;-1;;;+3/p-2. The molecule has 0 radical (unpaired) electrons. The summed E-state index contributed by atoms with van der Waals surface area (Å²) in [5.41, 5.74) is 1.83. The van der Waals surface area contributed by atoms with Crippen LogP contribution >= 0.6 is 15.2 Å². The summed E-state index contributed by atoms with van der Waals surface area (Å²) in [5.74, 6) is 0. The van der Waals surface area contributed by atoms with Crippen molar-refractivity contribution >= 4 is 15.2 Å². The molecule has 1 saturated carbocycles. The van der Waals surface area contributed by atoms with Gasteiger partial charge in [-0.25, -0.2) is 0 Å². The zero-order chi connectivity index (χ0) is 16.0. The van der Waals surface area contributed by atoms with Crippen molar-refractivity contribution < 1.29 is 44.7 Å². The SMILES string of the molecule is CCCCPC1CCCC(CC)(CC)C1.CCCC[PH][Ti+2].[Cl-].[Cl-]. The van der Waals surface area contributed by atoms with Gasteiger partial charge in [-0.15, -0.1) is 8.58 Å². The van der Waals surface area contributed by atoms with Crippen LogP contribution in [0.25, 0.3) is 0 Å². The monoisotopic (exact) mass is 435 g/mol. The van der Waals surface area contributed by atoms with Gasteiger partial charge in [-0.1, -0.05) is 46.5 Å². The van der Waals surface area contributed by atoms with E-state index in [2.05, 4.69) is 47.6 Å². The molecule has 3 unspecified atom stereocenters. The van der Waals surface area contributed by atoms with Gasteiger partial charge in [-0.2, -0.15) is 0 Å². The molecular formula is C18H39Cl2P2Ti. The molecule has 0 aromatic carbocycles. The molecule has 0 aromatic heterocycles. The van der Waals surface area contributed by atoms with Crippen molar-refractivity contribution in [1.82, 2.24) is 0 Å². The molecular weight excluding hydrogens is 397 g/mol. The van der Waals surface area contributed by atoms with Gasteiger partial charge >= 0.3 is 52.4 Å². The van der Waals surface area contributed by atoms with Crippen LogP contribution in [0.15, 0.2) is 0 Å². The van der Waals surface area contributed by atoms with Crippen molar-refractivity contribution in [2.24, 2.45) is 5.41 Å². The van der Waals surface area contributed by atoms with Crippen LogP contribution in [0.1, 0.15) is 91.9 Å². The molecule has 0 heterocycles. The van der Waals surface area contributed by atoms with Crippen LogP contribution in [0.5, 0.6) is 0 Å². The Morgan fingerprint density at radius 3 is 1.96 bits per heavy atom. The number of unbranched alkanes of at least 4 members (excludes halogenated alkanes) is 2. The van der Waals surface area contributed by atoms with Crippen LogP contribution in [0.3, 0.4) is 0 Å². The molecule has 5 heteroatoms. The van der Waals surface area contributed by atoms with Crippen molar-refractivity contribution in [2.75, 3.05) is 12.3 Å². The summed E-state index contributed by atoms with van der Waals surface area (Å²) in [6, 6.07) is 0. The Morgan fingerprint density at radius 1 is 0.957 bits per heavy atom. The van der Waals surface area contributed by atoms with Gasteiger partial charge < -0.3 is 24.8 Å². The predicted molar refractivity (Wildman–Crippen MR) is 101 cm³/mol. The van der Waals surface area contributed by atoms with E-state index < -0.39 is 0 Å². The van der Waals surface area contributed by atoms with E-state index in [1.807, 2.05) is 0 Å². The van der Waals surface area contributed by atoms with E-state index in [0.29, 0.717) is 0 Å². The van der Waals surface area contributed by atoms with Crippen LogP contribution in [-0.2, 0) is 19.9 Å². The first-order valence-corrected chi connectivity index (χ1v) is 14.1. The molecule has 1 rings (SSSR count). The second-order valence-corrected chi connectivity index (χ2v) is 10.8. The summed E-state index contributed by atoms with van der Waals surface area (Å²) in [6.45, 7) is 10.5. The van der Waals surface area contributed by atoms with Gasteiger partial charge in [-0.05, 0) is 42.9 Å². The number of rotatable bonds is 9. The molecule has 1 aliphatic rings. The predicted octanol–water partition coefficient (Wildman–Crippen LogP) is 1.15. The van der Waals surface area contributed by atoms with Crippen molar-refractivity contribution in [3.8, 4) is 0 Å². The van der Waals surface area contributed by atoms with Gasteiger partial charge in [0.25, 0.3) is 0 Å².